The highest BCUT2D eigenvalue weighted by Gasteiger charge is 2.19. The maximum atomic E-state index is 12.3. The Morgan fingerprint density at radius 3 is 2.52 bits per heavy atom. The zero-order chi connectivity index (χ0) is 16.2. The fourth-order valence-electron chi connectivity index (χ4n) is 1.64. The van der Waals surface area contributed by atoms with E-state index in [4.69, 9.17) is 5.11 Å². The van der Waals surface area contributed by atoms with Crippen LogP contribution in [0.25, 0.3) is 0 Å². The van der Waals surface area contributed by atoms with Gasteiger partial charge in [0.2, 0.25) is 10.0 Å². The zero-order valence-corrected chi connectivity index (χ0v) is 15.7. The highest BCUT2D eigenvalue weighted by atomic mass is 79.9. The van der Waals surface area contributed by atoms with Crippen LogP contribution in [0.4, 0.5) is 0 Å². The lowest BCUT2D eigenvalue weighted by molar-refractivity contribution is -0.137. The van der Waals surface area contributed by atoms with Gasteiger partial charge in [-0.2, -0.15) is 0 Å². The molecule has 1 rings (SSSR count). The first-order valence-corrected chi connectivity index (χ1v) is 9.37. The van der Waals surface area contributed by atoms with Crippen molar-refractivity contribution in [1.82, 2.24) is 4.72 Å². The average molecular weight is 443 g/mol. The number of hydrogen-bond donors (Lipinski definition) is 2. The maximum absolute atomic E-state index is 12.3. The van der Waals surface area contributed by atoms with Gasteiger partial charge in [-0.15, -0.1) is 0 Å². The molecule has 0 saturated carbocycles. The van der Waals surface area contributed by atoms with Crippen molar-refractivity contribution in [2.24, 2.45) is 5.92 Å². The van der Waals surface area contributed by atoms with E-state index in [0.717, 1.165) is 5.56 Å². The van der Waals surface area contributed by atoms with Crippen molar-refractivity contribution in [3.63, 3.8) is 0 Å². The molecular weight excluding hydrogens is 426 g/mol. The Labute approximate surface area is 141 Å². The average Bonchev–Trinajstić information content (AvgIpc) is 2.38. The molecule has 1 aromatic rings. The van der Waals surface area contributed by atoms with Crippen LogP contribution >= 0.6 is 31.9 Å². The minimum absolute atomic E-state index is 0.0304. The minimum atomic E-state index is -3.64. The molecule has 21 heavy (non-hydrogen) atoms. The number of carboxylic acids is 1. The first-order valence-electron chi connectivity index (χ1n) is 6.30. The van der Waals surface area contributed by atoms with Crippen molar-refractivity contribution in [3.05, 3.63) is 26.6 Å². The minimum Gasteiger partial charge on any atom is -0.481 e. The van der Waals surface area contributed by atoms with Crippen LogP contribution in [0.15, 0.2) is 26.0 Å². The number of hydrogen-bond acceptors (Lipinski definition) is 3. The smallest absolute Gasteiger partial charge is 0.303 e. The fourth-order valence-corrected chi connectivity index (χ4v) is 4.48. The van der Waals surface area contributed by atoms with Gasteiger partial charge in [0.25, 0.3) is 0 Å². The number of carbonyl (C=O) groups is 1. The van der Waals surface area contributed by atoms with Crippen LogP contribution in [-0.4, -0.2) is 26.0 Å². The highest BCUT2D eigenvalue weighted by Crippen LogP contribution is 2.28. The van der Waals surface area contributed by atoms with Crippen LogP contribution in [0, 0.1) is 12.8 Å². The first kappa shape index (κ1) is 18.6. The Morgan fingerprint density at radius 1 is 1.33 bits per heavy atom. The molecule has 0 heterocycles. The second kappa shape index (κ2) is 7.71. The molecule has 8 heteroatoms. The molecule has 1 aromatic carbocycles. The van der Waals surface area contributed by atoms with Crippen LogP contribution in [0.1, 0.15) is 25.3 Å². The van der Waals surface area contributed by atoms with Crippen molar-refractivity contribution < 1.29 is 18.3 Å². The third-order valence-corrected chi connectivity index (χ3v) is 6.21. The number of nitrogens with one attached hydrogen (secondary N) is 1. The highest BCUT2D eigenvalue weighted by molar-refractivity contribution is 9.11. The van der Waals surface area contributed by atoms with Crippen LogP contribution in [-0.2, 0) is 14.8 Å². The van der Waals surface area contributed by atoms with Crippen LogP contribution in [0.5, 0.6) is 0 Å². The van der Waals surface area contributed by atoms with Gasteiger partial charge in [0.15, 0.2) is 0 Å². The van der Waals surface area contributed by atoms with E-state index < -0.39 is 16.0 Å². The summed E-state index contributed by atoms with van der Waals surface area (Å²) in [4.78, 5) is 10.6. The van der Waals surface area contributed by atoms with E-state index in [2.05, 4.69) is 36.6 Å². The van der Waals surface area contributed by atoms with Crippen molar-refractivity contribution in [2.75, 3.05) is 6.54 Å². The Hall–Kier alpha value is -0.440. The number of halogens is 2. The molecule has 0 saturated heterocycles. The van der Waals surface area contributed by atoms with Crippen molar-refractivity contribution >= 4 is 47.9 Å². The topological polar surface area (TPSA) is 83.5 Å². The van der Waals surface area contributed by atoms with Crippen molar-refractivity contribution in [3.8, 4) is 0 Å². The van der Waals surface area contributed by atoms with E-state index in [1.807, 2.05) is 13.8 Å². The first-order chi connectivity index (χ1) is 9.63. The molecule has 1 unspecified atom stereocenters. The van der Waals surface area contributed by atoms with E-state index in [1.165, 1.54) is 0 Å². The van der Waals surface area contributed by atoms with Gasteiger partial charge in [-0.05, 0) is 52.9 Å². The summed E-state index contributed by atoms with van der Waals surface area (Å²) in [6.07, 6.45) is 0.458. The van der Waals surface area contributed by atoms with E-state index in [0.29, 0.717) is 15.4 Å². The molecule has 0 spiro atoms. The predicted molar refractivity (Wildman–Crippen MR) is 87.8 cm³/mol. The number of aryl methyl sites for hydroxylation is 1. The molecular formula is C13H17Br2NO4S. The summed E-state index contributed by atoms with van der Waals surface area (Å²) in [7, 11) is -3.64. The van der Waals surface area contributed by atoms with Crippen molar-refractivity contribution in [2.45, 2.75) is 31.6 Å². The fraction of sp³-hybridized carbons (Fsp3) is 0.462. The summed E-state index contributed by atoms with van der Waals surface area (Å²) in [5, 5.41) is 8.61. The molecule has 0 bridgehead atoms. The Balaban J connectivity index is 2.78. The van der Waals surface area contributed by atoms with Gasteiger partial charge in [-0.1, -0.05) is 22.9 Å². The molecule has 0 aliphatic heterocycles. The van der Waals surface area contributed by atoms with E-state index in [-0.39, 0.29) is 23.8 Å². The number of rotatable bonds is 7. The lowest BCUT2D eigenvalue weighted by atomic mass is 10.1. The molecule has 2 N–H and O–H groups in total. The summed E-state index contributed by atoms with van der Waals surface area (Å²) in [5.74, 6) is -0.932. The lowest BCUT2D eigenvalue weighted by Gasteiger charge is -2.13. The van der Waals surface area contributed by atoms with E-state index in [1.54, 1.807) is 12.1 Å². The molecule has 0 radical (unpaired) electrons. The lowest BCUT2D eigenvalue weighted by Crippen LogP contribution is -2.29. The largest absolute Gasteiger partial charge is 0.481 e. The molecule has 0 aliphatic rings. The second-order valence-electron chi connectivity index (χ2n) is 4.92. The number of aliphatic carboxylic acids is 1. The number of sulfonamides is 1. The molecule has 0 aliphatic carbocycles. The third kappa shape index (κ3) is 5.69. The normalized spacial score (nSPS) is 13.1. The summed E-state index contributed by atoms with van der Waals surface area (Å²) >= 11 is 6.57. The SMILES string of the molecule is Cc1cc(Br)c(S(=O)(=O)NCC(C)CCC(=O)O)cc1Br. The molecule has 0 fully saturated rings. The Bertz CT molecular complexity index is 631. The van der Waals surface area contributed by atoms with Crippen LogP contribution in [0.2, 0.25) is 0 Å². The molecule has 118 valence electrons. The second-order valence-corrected chi connectivity index (χ2v) is 8.37. The van der Waals surface area contributed by atoms with E-state index in [9.17, 15) is 13.2 Å². The van der Waals surface area contributed by atoms with Crippen LogP contribution in [0.3, 0.4) is 0 Å². The Morgan fingerprint density at radius 2 is 1.95 bits per heavy atom. The maximum Gasteiger partial charge on any atom is 0.303 e. The number of carboxylic acid groups (broad SMARTS) is 1. The molecule has 0 amide bonds. The standard InChI is InChI=1S/C13H17Br2NO4S/c1-8(3-4-13(17)18)7-16-21(19,20)12-6-10(14)9(2)5-11(12)15/h5-6,8,16H,3-4,7H2,1-2H3,(H,17,18). The number of benzene rings is 1. The van der Waals surface area contributed by atoms with Gasteiger partial charge >= 0.3 is 5.97 Å². The summed E-state index contributed by atoms with van der Waals surface area (Å²) in [6.45, 7) is 3.88. The third-order valence-electron chi connectivity index (χ3n) is 2.98. The molecule has 0 aromatic heterocycles. The van der Waals surface area contributed by atoms with Gasteiger partial charge in [-0.25, -0.2) is 13.1 Å². The van der Waals surface area contributed by atoms with Crippen molar-refractivity contribution in [1.29, 1.82) is 0 Å². The zero-order valence-electron chi connectivity index (χ0n) is 11.7. The van der Waals surface area contributed by atoms with E-state index >= 15 is 0 Å². The summed E-state index contributed by atoms with van der Waals surface area (Å²) in [5.41, 5.74) is 0.927. The summed E-state index contributed by atoms with van der Waals surface area (Å²) < 4.78 is 28.3. The Kier molecular flexibility index (Phi) is 6.83. The van der Waals surface area contributed by atoms with Gasteiger partial charge in [0.1, 0.15) is 0 Å². The quantitative estimate of drug-likeness (QED) is 0.678. The monoisotopic (exact) mass is 441 g/mol. The molecule has 1 atom stereocenters. The van der Waals surface area contributed by atoms with Crippen LogP contribution < -0.4 is 4.72 Å². The summed E-state index contributed by atoms with van der Waals surface area (Å²) in [6, 6.07) is 3.27. The van der Waals surface area contributed by atoms with Gasteiger partial charge in [-0.3, -0.25) is 4.79 Å². The predicted octanol–water partition coefficient (Wildman–Crippen LogP) is 3.30. The molecule has 5 nitrogen and oxygen atoms in total. The van der Waals surface area contributed by atoms with Gasteiger partial charge in [0.05, 0.1) is 4.90 Å². The van der Waals surface area contributed by atoms with Gasteiger partial charge in [0, 0.05) is 21.9 Å². The van der Waals surface area contributed by atoms with Gasteiger partial charge < -0.3 is 5.11 Å².